The number of aliphatic hydroxyl groups is 1. The highest BCUT2D eigenvalue weighted by atomic mass is 16.5. The lowest BCUT2D eigenvalue weighted by atomic mass is 10.1. The third-order valence-corrected chi connectivity index (χ3v) is 3.11. The quantitative estimate of drug-likeness (QED) is 0.842. The molecule has 1 heterocycles. The number of para-hydroxylation sites is 1. The highest BCUT2D eigenvalue weighted by Crippen LogP contribution is 2.22. The molecular formula is C14H17NO3. The number of aryl methyl sites for hydroxylation is 1. The van der Waals surface area contributed by atoms with Gasteiger partial charge in [-0.2, -0.15) is 0 Å². The van der Waals surface area contributed by atoms with Crippen molar-refractivity contribution in [2.45, 2.75) is 26.0 Å². The van der Waals surface area contributed by atoms with Crippen molar-refractivity contribution in [2.24, 2.45) is 0 Å². The molecule has 0 aliphatic heterocycles. The molecule has 1 aromatic heterocycles. The van der Waals surface area contributed by atoms with Crippen LogP contribution < -0.4 is 0 Å². The maximum Gasteiger partial charge on any atom is 0.339 e. The van der Waals surface area contributed by atoms with Crippen LogP contribution in [0.15, 0.2) is 30.3 Å². The summed E-state index contributed by atoms with van der Waals surface area (Å²) in [6, 6.07) is 9.90. The maximum absolute atomic E-state index is 11.5. The lowest BCUT2D eigenvalue weighted by Crippen LogP contribution is -2.40. The van der Waals surface area contributed by atoms with Crippen LogP contribution in [0.4, 0.5) is 0 Å². The van der Waals surface area contributed by atoms with Gasteiger partial charge in [-0.05, 0) is 31.4 Å². The predicted octanol–water partition coefficient (Wildman–Crippen LogP) is 1.87. The number of fused-ring (bicyclic) bond motifs is 1. The molecule has 0 fully saturated rings. The standard InChI is InChI=1S/C14H17NO3/c1-10-8-11-6-4-5-7-12(11)15(10)9-14(2,17)13(16)18-3/h4-8,17H,9H2,1-3H3. The molecule has 0 spiro atoms. The van der Waals surface area contributed by atoms with Gasteiger partial charge in [0.05, 0.1) is 13.7 Å². The minimum atomic E-state index is -1.53. The number of carbonyl (C=O) groups is 1. The lowest BCUT2D eigenvalue weighted by molar-refractivity contribution is -0.161. The van der Waals surface area contributed by atoms with Crippen LogP contribution in [0.1, 0.15) is 12.6 Å². The van der Waals surface area contributed by atoms with E-state index in [9.17, 15) is 9.90 Å². The van der Waals surface area contributed by atoms with Crippen LogP contribution in [0.2, 0.25) is 0 Å². The van der Waals surface area contributed by atoms with Gasteiger partial charge in [-0.3, -0.25) is 0 Å². The minimum Gasteiger partial charge on any atom is -0.467 e. The van der Waals surface area contributed by atoms with E-state index in [1.54, 1.807) is 0 Å². The number of hydrogen-bond acceptors (Lipinski definition) is 3. The van der Waals surface area contributed by atoms with Crippen LogP contribution in [0.5, 0.6) is 0 Å². The molecule has 96 valence electrons. The summed E-state index contributed by atoms with van der Waals surface area (Å²) in [6.07, 6.45) is 0. The van der Waals surface area contributed by atoms with Gasteiger partial charge in [0.2, 0.25) is 0 Å². The first kappa shape index (κ1) is 12.6. The number of rotatable bonds is 3. The van der Waals surface area contributed by atoms with Crippen molar-refractivity contribution in [2.75, 3.05) is 7.11 Å². The third kappa shape index (κ3) is 2.11. The molecule has 4 nitrogen and oxygen atoms in total. The maximum atomic E-state index is 11.5. The second kappa shape index (κ2) is 4.46. The zero-order valence-corrected chi connectivity index (χ0v) is 10.8. The van der Waals surface area contributed by atoms with Crippen LogP contribution in [-0.4, -0.2) is 28.4 Å². The Bertz CT molecular complexity index is 584. The molecule has 1 aromatic carbocycles. The molecule has 1 N–H and O–H groups in total. The fourth-order valence-electron chi connectivity index (χ4n) is 2.15. The summed E-state index contributed by atoms with van der Waals surface area (Å²) in [7, 11) is 1.28. The predicted molar refractivity (Wildman–Crippen MR) is 69.3 cm³/mol. The Labute approximate surface area is 106 Å². The molecule has 0 saturated carbocycles. The SMILES string of the molecule is COC(=O)C(C)(O)Cn1c(C)cc2ccccc21. The van der Waals surface area contributed by atoms with Crippen LogP contribution >= 0.6 is 0 Å². The van der Waals surface area contributed by atoms with Gasteiger partial charge in [-0.15, -0.1) is 0 Å². The minimum absolute atomic E-state index is 0.180. The monoisotopic (exact) mass is 247 g/mol. The van der Waals surface area contributed by atoms with E-state index < -0.39 is 11.6 Å². The molecule has 1 unspecified atom stereocenters. The summed E-state index contributed by atoms with van der Waals surface area (Å²) in [4.78, 5) is 11.5. The molecule has 0 radical (unpaired) electrons. The molecule has 18 heavy (non-hydrogen) atoms. The fourth-order valence-corrected chi connectivity index (χ4v) is 2.15. The molecule has 2 aromatic rings. The number of benzene rings is 1. The number of methoxy groups -OCH3 is 1. The number of carbonyl (C=O) groups excluding carboxylic acids is 1. The number of hydrogen-bond donors (Lipinski definition) is 1. The zero-order valence-electron chi connectivity index (χ0n) is 10.8. The van der Waals surface area contributed by atoms with Crippen molar-refractivity contribution < 1.29 is 14.6 Å². The van der Waals surface area contributed by atoms with E-state index in [0.29, 0.717) is 0 Å². The second-order valence-corrected chi connectivity index (χ2v) is 4.70. The van der Waals surface area contributed by atoms with E-state index in [-0.39, 0.29) is 6.54 Å². The topological polar surface area (TPSA) is 51.5 Å². The second-order valence-electron chi connectivity index (χ2n) is 4.70. The van der Waals surface area contributed by atoms with Gasteiger partial charge in [0.25, 0.3) is 0 Å². The summed E-state index contributed by atoms with van der Waals surface area (Å²) >= 11 is 0. The molecule has 0 bridgehead atoms. The summed E-state index contributed by atoms with van der Waals surface area (Å²) in [5, 5.41) is 11.2. The summed E-state index contributed by atoms with van der Waals surface area (Å²) in [6.45, 7) is 3.60. The van der Waals surface area contributed by atoms with Gasteiger partial charge in [-0.25, -0.2) is 4.79 Å². The normalized spacial score (nSPS) is 14.4. The zero-order chi connectivity index (χ0) is 13.3. The van der Waals surface area contributed by atoms with E-state index in [0.717, 1.165) is 16.6 Å². The van der Waals surface area contributed by atoms with Crippen molar-refractivity contribution in [3.8, 4) is 0 Å². The van der Waals surface area contributed by atoms with Crippen molar-refractivity contribution >= 4 is 16.9 Å². The largest absolute Gasteiger partial charge is 0.467 e. The van der Waals surface area contributed by atoms with Gasteiger partial charge >= 0.3 is 5.97 Å². The van der Waals surface area contributed by atoms with Gasteiger partial charge in [0.15, 0.2) is 5.60 Å². The van der Waals surface area contributed by atoms with Crippen molar-refractivity contribution in [1.29, 1.82) is 0 Å². The first-order valence-corrected chi connectivity index (χ1v) is 5.81. The number of nitrogens with zero attached hydrogens (tertiary/aromatic N) is 1. The van der Waals surface area contributed by atoms with Gasteiger partial charge in [0.1, 0.15) is 0 Å². The Kier molecular flexibility index (Phi) is 3.13. The highest BCUT2D eigenvalue weighted by molar-refractivity contribution is 5.82. The number of aromatic nitrogens is 1. The molecular weight excluding hydrogens is 230 g/mol. The summed E-state index contributed by atoms with van der Waals surface area (Å²) < 4.78 is 6.54. The Balaban J connectivity index is 2.43. The lowest BCUT2D eigenvalue weighted by Gasteiger charge is -2.22. The first-order chi connectivity index (χ1) is 8.45. The highest BCUT2D eigenvalue weighted by Gasteiger charge is 2.32. The van der Waals surface area contributed by atoms with E-state index >= 15 is 0 Å². The molecule has 2 rings (SSSR count). The molecule has 0 aliphatic carbocycles. The van der Waals surface area contributed by atoms with Gasteiger partial charge < -0.3 is 14.4 Å². The first-order valence-electron chi connectivity index (χ1n) is 5.81. The van der Waals surface area contributed by atoms with E-state index in [4.69, 9.17) is 0 Å². The molecule has 1 atom stereocenters. The molecule has 0 aliphatic rings. The molecule has 0 saturated heterocycles. The van der Waals surface area contributed by atoms with Crippen molar-refractivity contribution in [3.05, 3.63) is 36.0 Å². The Morgan fingerprint density at radius 1 is 1.44 bits per heavy atom. The molecule has 0 amide bonds. The Hall–Kier alpha value is -1.81. The Morgan fingerprint density at radius 2 is 2.11 bits per heavy atom. The van der Waals surface area contributed by atoms with Crippen LogP contribution in [0, 0.1) is 6.92 Å². The van der Waals surface area contributed by atoms with Gasteiger partial charge in [-0.1, -0.05) is 18.2 Å². The average molecular weight is 247 g/mol. The van der Waals surface area contributed by atoms with E-state index in [1.807, 2.05) is 41.8 Å². The number of esters is 1. The fraction of sp³-hybridized carbons (Fsp3) is 0.357. The van der Waals surface area contributed by atoms with Crippen LogP contribution in [0.3, 0.4) is 0 Å². The van der Waals surface area contributed by atoms with Crippen molar-refractivity contribution in [1.82, 2.24) is 4.57 Å². The molecule has 4 heteroatoms. The smallest absolute Gasteiger partial charge is 0.339 e. The van der Waals surface area contributed by atoms with E-state index in [1.165, 1.54) is 14.0 Å². The van der Waals surface area contributed by atoms with Crippen LogP contribution in [-0.2, 0) is 16.1 Å². The Morgan fingerprint density at radius 3 is 2.78 bits per heavy atom. The van der Waals surface area contributed by atoms with E-state index in [2.05, 4.69) is 4.74 Å². The summed E-state index contributed by atoms with van der Waals surface area (Å²) in [5.74, 6) is -0.625. The van der Waals surface area contributed by atoms with Gasteiger partial charge in [0, 0.05) is 11.2 Å². The average Bonchev–Trinajstić information content (AvgIpc) is 2.65. The van der Waals surface area contributed by atoms with Crippen molar-refractivity contribution in [3.63, 3.8) is 0 Å². The van der Waals surface area contributed by atoms with Crippen LogP contribution in [0.25, 0.3) is 10.9 Å². The summed E-state index contributed by atoms with van der Waals surface area (Å²) in [5.41, 5.74) is 0.473. The third-order valence-electron chi connectivity index (χ3n) is 3.11. The number of ether oxygens (including phenoxy) is 1.